The predicted molar refractivity (Wildman–Crippen MR) is 103 cm³/mol. The molecule has 134 valence electrons. The summed E-state index contributed by atoms with van der Waals surface area (Å²) in [6.45, 7) is 10.2. The van der Waals surface area contributed by atoms with E-state index in [-0.39, 0.29) is 11.5 Å². The zero-order valence-electron chi connectivity index (χ0n) is 15.6. The Kier molecular flexibility index (Phi) is 5.23. The SMILES string of the molecule is Cc1cc(Nc2ccccc2C(C)(C)C)nc(NCC2CCCO2)n1. The molecule has 1 saturated heterocycles. The van der Waals surface area contributed by atoms with E-state index in [1.807, 2.05) is 19.1 Å². The van der Waals surface area contributed by atoms with Gasteiger partial charge in [0, 0.05) is 30.6 Å². The van der Waals surface area contributed by atoms with Crippen molar-refractivity contribution >= 4 is 17.5 Å². The molecule has 5 nitrogen and oxygen atoms in total. The van der Waals surface area contributed by atoms with E-state index in [0.29, 0.717) is 5.95 Å². The van der Waals surface area contributed by atoms with Gasteiger partial charge in [0.25, 0.3) is 0 Å². The highest BCUT2D eigenvalue weighted by Crippen LogP contribution is 2.31. The van der Waals surface area contributed by atoms with Gasteiger partial charge in [0.1, 0.15) is 5.82 Å². The first-order chi connectivity index (χ1) is 11.9. The van der Waals surface area contributed by atoms with Crippen LogP contribution in [0.5, 0.6) is 0 Å². The third kappa shape index (κ3) is 4.69. The predicted octanol–water partition coefficient (Wildman–Crippen LogP) is 4.42. The summed E-state index contributed by atoms with van der Waals surface area (Å²) in [5.41, 5.74) is 3.34. The van der Waals surface area contributed by atoms with E-state index in [9.17, 15) is 0 Å². The molecule has 3 rings (SSSR count). The summed E-state index contributed by atoms with van der Waals surface area (Å²) in [5, 5.41) is 6.78. The summed E-state index contributed by atoms with van der Waals surface area (Å²) in [4.78, 5) is 9.11. The number of nitrogens with one attached hydrogen (secondary N) is 2. The number of rotatable bonds is 5. The molecule has 1 aromatic heterocycles. The third-order valence-electron chi connectivity index (χ3n) is 4.36. The van der Waals surface area contributed by atoms with E-state index in [4.69, 9.17) is 4.74 Å². The van der Waals surface area contributed by atoms with Crippen LogP contribution in [0.1, 0.15) is 44.9 Å². The summed E-state index contributed by atoms with van der Waals surface area (Å²) in [6, 6.07) is 10.3. The summed E-state index contributed by atoms with van der Waals surface area (Å²) >= 11 is 0. The van der Waals surface area contributed by atoms with Gasteiger partial charge in [0.2, 0.25) is 5.95 Å². The number of ether oxygens (including phenoxy) is 1. The number of hydrogen-bond acceptors (Lipinski definition) is 5. The Morgan fingerprint density at radius 1 is 1.20 bits per heavy atom. The zero-order chi connectivity index (χ0) is 17.9. The number of hydrogen-bond donors (Lipinski definition) is 2. The highest BCUT2D eigenvalue weighted by molar-refractivity contribution is 5.63. The van der Waals surface area contributed by atoms with Crippen molar-refractivity contribution in [2.24, 2.45) is 0 Å². The van der Waals surface area contributed by atoms with Crippen molar-refractivity contribution < 1.29 is 4.74 Å². The fourth-order valence-electron chi connectivity index (χ4n) is 3.11. The molecular formula is C20H28N4O. The van der Waals surface area contributed by atoms with E-state index in [1.54, 1.807) is 0 Å². The lowest BCUT2D eigenvalue weighted by molar-refractivity contribution is 0.120. The van der Waals surface area contributed by atoms with Crippen molar-refractivity contribution in [2.45, 2.75) is 52.1 Å². The summed E-state index contributed by atoms with van der Waals surface area (Å²) in [6.07, 6.45) is 2.50. The minimum Gasteiger partial charge on any atom is -0.376 e. The van der Waals surface area contributed by atoms with Crippen molar-refractivity contribution in [3.05, 3.63) is 41.6 Å². The first kappa shape index (κ1) is 17.7. The standard InChI is InChI=1S/C20H28N4O/c1-14-12-18(23-17-10-6-5-9-16(17)20(2,3)4)24-19(22-14)21-13-15-8-7-11-25-15/h5-6,9-10,12,15H,7-8,11,13H2,1-4H3,(H2,21,22,23,24). The maximum absolute atomic E-state index is 5.65. The van der Waals surface area contributed by atoms with Crippen LogP contribution in [-0.4, -0.2) is 29.2 Å². The van der Waals surface area contributed by atoms with Gasteiger partial charge in [-0.25, -0.2) is 4.98 Å². The van der Waals surface area contributed by atoms with Gasteiger partial charge in [-0.3, -0.25) is 0 Å². The highest BCUT2D eigenvalue weighted by atomic mass is 16.5. The monoisotopic (exact) mass is 340 g/mol. The van der Waals surface area contributed by atoms with E-state index in [1.165, 1.54) is 5.56 Å². The van der Waals surface area contributed by atoms with Crippen molar-refractivity contribution in [2.75, 3.05) is 23.8 Å². The number of aryl methyl sites for hydroxylation is 1. The van der Waals surface area contributed by atoms with Crippen LogP contribution in [0.3, 0.4) is 0 Å². The Hall–Kier alpha value is -2.14. The lowest BCUT2D eigenvalue weighted by atomic mass is 9.86. The van der Waals surface area contributed by atoms with Crippen LogP contribution in [0.15, 0.2) is 30.3 Å². The molecule has 2 N–H and O–H groups in total. The molecule has 1 fully saturated rings. The smallest absolute Gasteiger partial charge is 0.224 e. The molecule has 0 radical (unpaired) electrons. The third-order valence-corrected chi connectivity index (χ3v) is 4.36. The van der Waals surface area contributed by atoms with Gasteiger partial charge >= 0.3 is 0 Å². The van der Waals surface area contributed by atoms with Gasteiger partial charge in [-0.05, 0) is 36.8 Å². The second-order valence-corrected chi connectivity index (χ2v) is 7.65. The number of anilines is 3. The van der Waals surface area contributed by atoms with Crippen LogP contribution in [0, 0.1) is 6.92 Å². The molecule has 1 unspecified atom stereocenters. The van der Waals surface area contributed by atoms with Gasteiger partial charge in [0.05, 0.1) is 6.10 Å². The molecule has 0 amide bonds. The normalized spacial score (nSPS) is 17.5. The molecule has 25 heavy (non-hydrogen) atoms. The van der Waals surface area contributed by atoms with Crippen molar-refractivity contribution in [3.63, 3.8) is 0 Å². The van der Waals surface area contributed by atoms with E-state index in [0.717, 1.165) is 43.2 Å². The second kappa shape index (κ2) is 7.40. The molecule has 0 spiro atoms. The maximum Gasteiger partial charge on any atom is 0.224 e. The fourth-order valence-corrected chi connectivity index (χ4v) is 3.11. The minimum atomic E-state index is 0.0621. The van der Waals surface area contributed by atoms with E-state index < -0.39 is 0 Å². The number of aromatic nitrogens is 2. The Morgan fingerprint density at radius 2 is 2.00 bits per heavy atom. The van der Waals surface area contributed by atoms with E-state index >= 15 is 0 Å². The average molecular weight is 340 g/mol. The summed E-state index contributed by atoms with van der Waals surface area (Å²) < 4.78 is 5.65. The van der Waals surface area contributed by atoms with Crippen molar-refractivity contribution in [1.29, 1.82) is 0 Å². The second-order valence-electron chi connectivity index (χ2n) is 7.65. The van der Waals surface area contributed by atoms with Crippen LogP contribution in [0.25, 0.3) is 0 Å². The molecule has 0 bridgehead atoms. The molecular weight excluding hydrogens is 312 g/mol. The molecule has 1 atom stereocenters. The largest absolute Gasteiger partial charge is 0.376 e. The molecule has 0 aliphatic carbocycles. The maximum atomic E-state index is 5.65. The number of para-hydroxylation sites is 1. The Labute approximate surface area is 150 Å². The van der Waals surface area contributed by atoms with Gasteiger partial charge in [-0.15, -0.1) is 0 Å². The summed E-state index contributed by atoms with van der Waals surface area (Å²) in [7, 11) is 0. The van der Waals surface area contributed by atoms with Crippen molar-refractivity contribution in [3.8, 4) is 0 Å². The van der Waals surface area contributed by atoms with Crippen LogP contribution < -0.4 is 10.6 Å². The zero-order valence-corrected chi connectivity index (χ0v) is 15.6. The summed E-state index contributed by atoms with van der Waals surface area (Å²) in [5.74, 6) is 1.45. The quantitative estimate of drug-likeness (QED) is 0.844. The molecule has 2 aromatic rings. The van der Waals surface area contributed by atoms with Crippen LogP contribution in [0.2, 0.25) is 0 Å². The number of nitrogens with zero attached hydrogens (tertiary/aromatic N) is 2. The van der Waals surface area contributed by atoms with Gasteiger partial charge in [-0.1, -0.05) is 39.0 Å². The van der Waals surface area contributed by atoms with Gasteiger partial charge in [-0.2, -0.15) is 4.98 Å². The minimum absolute atomic E-state index is 0.0621. The topological polar surface area (TPSA) is 59.1 Å². The lowest BCUT2D eigenvalue weighted by Crippen LogP contribution is -2.20. The molecule has 2 heterocycles. The lowest BCUT2D eigenvalue weighted by Gasteiger charge is -2.23. The number of benzene rings is 1. The van der Waals surface area contributed by atoms with E-state index in [2.05, 4.69) is 59.6 Å². The fraction of sp³-hybridized carbons (Fsp3) is 0.500. The van der Waals surface area contributed by atoms with Gasteiger partial charge < -0.3 is 15.4 Å². The molecule has 1 aliphatic rings. The van der Waals surface area contributed by atoms with Crippen molar-refractivity contribution in [1.82, 2.24) is 9.97 Å². The van der Waals surface area contributed by atoms with Crippen LogP contribution in [-0.2, 0) is 10.2 Å². The van der Waals surface area contributed by atoms with Crippen LogP contribution >= 0.6 is 0 Å². The molecule has 1 aromatic carbocycles. The first-order valence-corrected chi connectivity index (χ1v) is 8.99. The Balaban J connectivity index is 1.76. The van der Waals surface area contributed by atoms with Crippen LogP contribution in [0.4, 0.5) is 17.5 Å². The molecule has 1 aliphatic heterocycles. The molecule has 5 heteroatoms. The first-order valence-electron chi connectivity index (χ1n) is 8.99. The highest BCUT2D eigenvalue weighted by Gasteiger charge is 2.18. The Bertz CT molecular complexity index is 718. The average Bonchev–Trinajstić information content (AvgIpc) is 3.05. The molecule has 0 saturated carbocycles. The Morgan fingerprint density at radius 3 is 2.72 bits per heavy atom. The van der Waals surface area contributed by atoms with Gasteiger partial charge in [0.15, 0.2) is 0 Å².